The molecule has 0 aromatic heterocycles. The Morgan fingerprint density at radius 3 is 2.53 bits per heavy atom. The van der Waals surface area contributed by atoms with Crippen LogP contribution < -0.4 is 14.2 Å². The summed E-state index contributed by atoms with van der Waals surface area (Å²) < 4.78 is 20.8. The molecule has 2 aliphatic rings. The van der Waals surface area contributed by atoms with E-state index in [1.807, 2.05) is 0 Å². The standard InChI is InChI=1S/C23H21NO8/c1-13(25)32-16-6-3-14(4-7-16)20-19(22(27)23(28)24(20)9-10-29-2)21(26)15-5-8-17-18(11-15)31-12-30-17/h3-8,11,20,26H,9-10,12H2,1-2H3/b21-19-. The Balaban J connectivity index is 1.79. The van der Waals surface area contributed by atoms with E-state index in [1.165, 1.54) is 18.9 Å². The highest BCUT2D eigenvalue weighted by Gasteiger charge is 2.46. The Labute approximate surface area is 183 Å². The number of esters is 1. The average molecular weight is 439 g/mol. The fourth-order valence-electron chi connectivity index (χ4n) is 3.73. The monoisotopic (exact) mass is 439 g/mol. The number of aliphatic hydroxyl groups excluding tert-OH is 1. The lowest BCUT2D eigenvalue weighted by Crippen LogP contribution is -2.32. The molecule has 32 heavy (non-hydrogen) atoms. The predicted molar refractivity (Wildman–Crippen MR) is 111 cm³/mol. The Morgan fingerprint density at radius 1 is 1.12 bits per heavy atom. The van der Waals surface area contributed by atoms with Gasteiger partial charge >= 0.3 is 5.97 Å². The van der Waals surface area contributed by atoms with Crippen molar-refractivity contribution < 1.29 is 38.4 Å². The quantitative estimate of drug-likeness (QED) is 0.240. The molecule has 9 heteroatoms. The Kier molecular flexibility index (Phi) is 5.83. The van der Waals surface area contributed by atoms with Gasteiger partial charge in [0.25, 0.3) is 11.7 Å². The maximum Gasteiger partial charge on any atom is 0.308 e. The molecule has 2 aromatic rings. The van der Waals surface area contributed by atoms with Crippen LogP contribution >= 0.6 is 0 Å². The van der Waals surface area contributed by atoms with Crippen LogP contribution in [0.3, 0.4) is 0 Å². The second kappa shape index (κ2) is 8.72. The van der Waals surface area contributed by atoms with Gasteiger partial charge in [-0.2, -0.15) is 0 Å². The zero-order chi connectivity index (χ0) is 22.8. The van der Waals surface area contributed by atoms with E-state index in [2.05, 4.69) is 0 Å². The van der Waals surface area contributed by atoms with Crippen molar-refractivity contribution in [2.45, 2.75) is 13.0 Å². The zero-order valence-electron chi connectivity index (χ0n) is 17.5. The first-order valence-electron chi connectivity index (χ1n) is 9.86. The van der Waals surface area contributed by atoms with Gasteiger partial charge in [-0.25, -0.2) is 0 Å². The molecule has 2 heterocycles. The highest BCUT2D eigenvalue weighted by atomic mass is 16.7. The van der Waals surface area contributed by atoms with Gasteiger partial charge in [-0.05, 0) is 35.9 Å². The molecular formula is C23H21NO8. The molecule has 1 fully saturated rings. The van der Waals surface area contributed by atoms with Crippen LogP contribution in [0.5, 0.6) is 17.2 Å². The second-order valence-electron chi connectivity index (χ2n) is 7.22. The molecule has 166 valence electrons. The van der Waals surface area contributed by atoms with Crippen LogP contribution in [0.25, 0.3) is 5.76 Å². The number of amides is 1. The van der Waals surface area contributed by atoms with E-state index in [0.29, 0.717) is 28.4 Å². The predicted octanol–water partition coefficient (Wildman–Crippen LogP) is 2.41. The number of hydrogen-bond donors (Lipinski definition) is 1. The van der Waals surface area contributed by atoms with Crippen molar-refractivity contribution in [3.8, 4) is 17.2 Å². The van der Waals surface area contributed by atoms with E-state index in [9.17, 15) is 19.5 Å². The minimum absolute atomic E-state index is 0.0507. The summed E-state index contributed by atoms with van der Waals surface area (Å²) in [6, 6.07) is 10.3. The highest BCUT2D eigenvalue weighted by molar-refractivity contribution is 6.46. The van der Waals surface area contributed by atoms with Gasteiger partial charge in [-0.1, -0.05) is 12.1 Å². The molecular weight excluding hydrogens is 418 g/mol. The van der Waals surface area contributed by atoms with Crippen LogP contribution in [0, 0.1) is 0 Å². The molecule has 1 saturated heterocycles. The van der Waals surface area contributed by atoms with Crippen LogP contribution in [-0.2, 0) is 19.1 Å². The molecule has 2 aliphatic heterocycles. The highest BCUT2D eigenvalue weighted by Crippen LogP contribution is 2.41. The molecule has 0 spiro atoms. The fourth-order valence-corrected chi connectivity index (χ4v) is 3.73. The van der Waals surface area contributed by atoms with Crippen molar-refractivity contribution in [1.82, 2.24) is 4.90 Å². The van der Waals surface area contributed by atoms with Crippen LogP contribution in [0.1, 0.15) is 24.1 Å². The first-order chi connectivity index (χ1) is 15.4. The van der Waals surface area contributed by atoms with Gasteiger partial charge in [-0.15, -0.1) is 0 Å². The largest absolute Gasteiger partial charge is 0.507 e. The summed E-state index contributed by atoms with van der Waals surface area (Å²) in [6.45, 7) is 1.71. The first-order valence-corrected chi connectivity index (χ1v) is 9.86. The number of methoxy groups -OCH3 is 1. The van der Waals surface area contributed by atoms with Crippen molar-refractivity contribution in [3.63, 3.8) is 0 Å². The summed E-state index contributed by atoms with van der Waals surface area (Å²) in [6.07, 6.45) is 0. The van der Waals surface area contributed by atoms with Gasteiger partial charge in [0.15, 0.2) is 11.5 Å². The van der Waals surface area contributed by atoms with Crippen LogP contribution in [0.2, 0.25) is 0 Å². The van der Waals surface area contributed by atoms with Gasteiger partial charge in [0.2, 0.25) is 6.79 Å². The van der Waals surface area contributed by atoms with Gasteiger partial charge in [0, 0.05) is 26.1 Å². The molecule has 1 unspecified atom stereocenters. The Hall–Kier alpha value is -3.85. The number of Topliss-reactive ketones (excluding diaryl/α,β-unsaturated/α-hetero) is 1. The number of aliphatic hydroxyl groups is 1. The van der Waals surface area contributed by atoms with Gasteiger partial charge < -0.3 is 29.0 Å². The maximum atomic E-state index is 12.9. The van der Waals surface area contributed by atoms with Gasteiger partial charge in [0.1, 0.15) is 11.5 Å². The van der Waals surface area contributed by atoms with Crippen molar-refractivity contribution in [3.05, 3.63) is 59.2 Å². The van der Waals surface area contributed by atoms with Crippen molar-refractivity contribution >= 4 is 23.4 Å². The van der Waals surface area contributed by atoms with Gasteiger partial charge in [0.05, 0.1) is 18.2 Å². The summed E-state index contributed by atoms with van der Waals surface area (Å²) in [5, 5.41) is 11.1. The molecule has 0 radical (unpaired) electrons. The number of ketones is 1. The fraction of sp³-hybridized carbons (Fsp3) is 0.261. The average Bonchev–Trinajstić information content (AvgIpc) is 3.34. The van der Waals surface area contributed by atoms with Crippen LogP contribution in [0.4, 0.5) is 0 Å². The number of carbonyl (C=O) groups excluding carboxylic acids is 3. The van der Waals surface area contributed by atoms with E-state index in [0.717, 1.165) is 0 Å². The zero-order valence-corrected chi connectivity index (χ0v) is 17.5. The number of hydrogen-bond acceptors (Lipinski definition) is 8. The number of benzene rings is 2. The van der Waals surface area contributed by atoms with E-state index in [-0.39, 0.29) is 31.3 Å². The Morgan fingerprint density at radius 2 is 1.84 bits per heavy atom. The molecule has 1 atom stereocenters. The smallest absolute Gasteiger partial charge is 0.308 e. The molecule has 1 N–H and O–H groups in total. The van der Waals surface area contributed by atoms with Gasteiger partial charge in [-0.3, -0.25) is 14.4 Å². The molecule has 1 amide bonds. The van der Waals surface area contributed by atoms with E-state index in [1.54, 1.807) is 42.5 Å². The SMILES string of the molecule is COCCN1C(=O)C(=O)/C(=C(\O)c2ccc3c(c2)OCO3)C1c1ccc(OC(C)=O)cc1. The van der Waals surface area contributed by atoms with E-state index >= 15 is 0 Å². The molecule has 4 rings (SSSR count). The van der Waals surface area contributed by atoms with Crippen molar-refractivity contribution in [1.29, 1.82) is 0 Å². The second-order valence-corrected chi connectivity index (χ2v) is 7.22. The third kappa shape index (κ3) is 3.90. The van der Waals surface area contributed by atoms with Crippen molar-refractivity contribution in [2.75, 3.05) is 27.1 Å². The third-order valence-electron chi connectivity index (χ3n) is 5.18. The maximum absolute atomic E-state index is 12.9. The summed E-state index contributed by atoms with van der Waals surface area (Å²) in [5.41, 5.74) is 0.837. The molecule has 0 saturated carbocycles. The number of rotatable bonds is 6. The number of ether oxygens (including phenoxy) is 4. The topological polar surface area (TPSA) is 112 Å². The normalized spacial score (nSPS) is 18.8. The van der Waals surface area contributed by atoms with Crippen molar-refractivity contribution in [2.24, 2.45) is 0 Å². The lowest BCUT2D eigenvalue weighted by atomic mass is 9.95. The minimum Gasteiger partial charge on any atom is -0.507 e. The first kappa shape index (κ1) is 21.4. The third-order valence-corrected chi connectivity index (χ3v) is 5.18. The molecule has 0 aliphatic carbocycles. The number of carbonyl (C=O) groups is 3. The number of fused-ring (bicyclic) bond motifs is 1. The van der Waals surface area contributed by atoms with Crippen LogP contribution in [-0.4, -0.2) is 54.7 Å². The number of likely N-dealkylation sites (tertiary alicyclic amines) is 1. The summed E-state index contributed by atoms with van der Waals surface area (Å²) in [5.74, 6) is -1.04. The summed E-state index contributed by atoms with van der Waals surface area (Å²) in [4.78, 5) is 38.3. The molecule has 2 aromatic carbocycles. The Bertz CT molecular complexity index is 1110. The summed E-state index contributed by atoms with van der Waals surface area (Å²) in [7, 11) is 1.49. The lowest BCUT2D eigenvalue weighted by molar-refractivity contribution is -0.140. The number of nitrogens with zero attached hydrogens (tertiary/aromatic N) is 1. The molecule has 0 bridgehead atoms. The summed E-state index contributed by atoms with van der Waals surface area (Å²) >= 11 is 0. The van der Waals surface area contributed by atoms with E-state index < -0.39 is 23.7 Å². The minimum atomic E-state index is -0.845. The lowest BCUT2D eigenvalue weighted by Gasteiger charge is -2.25. The molecule has 9 nitrogen and oxygen atoms in total. The van der Waals surface area contributed by atoms with E-state index in [4.69, 9.17) is 18.9 Å². The van der Waals surface area contributed by atoms with Crippen LogP contribution in [0.15, 0.2) is 48.0 Å².